The second kappa shape index (κ2) is 8.20. The summed E-state index contributed by atoms with van der Waals surface area (Å²) in [5, 5.41) is 0. The highest BCUT2D eigenvalue weighted by Gasteiger charge is 2.11. The van der Waals surface area contributed by atoms with Gasteiger partial charge in [-0.2, -0.15) is 0 Å². The lowest BCUT2D eigenvalue weighted by Crippen LogP contribution is -2.33. The smallest absolute Gasteiger partial charge is 0.232 e. The van der Waals surface area contributed by atoms with Gasteiger partial charge in [0.2, 0.25) is 5.91 Å². The van der Waals surface area contributed by atoms with E-state index in [2.05, 4.69) is 45.0 Å². The van der Waals surface area contributed by atoms with Crippen LogP contribution in [0.5, 0.6) is 0 Å². The van der Waals surface area contributed by atoms with Crippen LogP contribution in [0.1, 0.15) is 32.3 Å². The summed E-state index contributed by atoms with van der Waals surface area (Å²) in [4.78, 5) is 15.2. The first-order chi connectivity index (χ1) is 8.67. The van der Waals surface area contributed by atoms with E-state index < -0.39 is 0 Å². The first-order valence-corrected chi connectivity index (χ1v) is 7.63. The number of rotatable bonds is 7. The molecule has 0 aliphatic rings. The van der Waals surface area contributed by atoms with Crippen molar-refractivity contribution in [2.45, 2.75) is 38.5 Å². The van der Waals surface area contributed by atoms with Crippen molar-refractivity contribution in [3.63, 3.8) is 0 Å². The van der Waals surface area contributed by atoms with Gasteiger partial charge in [-0.15, -0.1) is 11.8 Å². The summed E-state index contributed by atoms with van der Waals surface area (Å²) >= 11 is 1.63. The van der Waals surface area contributed by atoms with E-state index in [4.69, 9.17) is 0 Å². The average molecular weight is 265 g/mol. The average Bonchev–Trinajstić information content (AvgIpc) is 2.37. The molecule has 0 spiro atoms. The summed E-state index contributed by atoms with van der Waals surface area (Å²) in [6, 6.07) is 8.33. The van der Waals surface area contributed by atoms with Crippen molar-refractivity contribution in [1.29, 1.82) is 0 Å². The predicted molar refractivity (Wildman–Crippen MR) is 79.1 cm³/mol. The van der Waals surface area contributed by atoms with Crippen molar-refractivity contribution >= 4 is 17.7 Å². The van der Waals surface area contributed by atoms with E-state index in [1.807, 2.05) is 4.90 Å². The third-order valence-corrected chi connectivity index (χ3v) is 3.72. The fraction of sp³-hybridized carbons (Fsp3) is 0.533. The molecule has 1 aromatic rings. The third-order valence-electron chi connectivity index (χ3n) is 2.72. The molecule has 0 atom stereocenters. The fourth-order valence-electron chi connectivity index (χ4n) is 1.77. The normalized spacial score (nSPS) is 10.4. The second-order valence-corrected chi connectivity index (χ2v) is 5.53. The zero-order valence-electron chi connectivity index (χ0n) is 11.6. The summed E-state index contributed by atoms with van der Waals surface area (Å²) < 4.78 is 0. The van der Waals surface area contributed by atoms with E-state index in [1.165, 1.54) is 10.5 Å². The Bertz CT molecular complexity index is 355. The molecule has 1 amide bonds. The van der Waals surface area contributed by atoms with Crippen molar-refractivity contribution in [2.75, 3.05) is 18.8 Å². The van der Waals surface area contributed by atoms with Gasteiger partial charge in [-0.1, -0.05) is 31.5 Å². The fourth-order valence-corrected chi connectivity index (χ4v) is 2.57. The van der Waals surface area contributed by atoms with Crippen LogP contribution in [0.4, 0.5) is 0 Å². The van der Waals surface area contributed by atoms with Gasteiger partial charge in [0.1, 0.15) is 0 Å². The Balaban J connectivity index is 2.45. The molecule has 0 unspecified atom stereocenters. The maximum atomic E-state index is 12.1. The molecule has 0 saturated heterocycles. The number of hydrogen-bond acceptors (Lipinski definition) is 2. The van der Waals surface area contributed by atoms with Crippen LogP contribution in [0.2, 0.25) is 0 Å². The summed E-state index contributed by atoms with van der Waals surface area (Å²) in [5.41, 5.74) is 1.25. The van der Waals surface area contributed by atoms with Crippen LogP contribution in [-0.2, 0) is 4.79 Å². The van der Waals surface area contributed by atoms with Crippen LogP contribution >= 0.6 is 11.8 Å². The Morgan fingerprint density at radius 1 is 1.11 bits per heavy atom. The molecule has 0 aliphatic heterocycles. The monoisotopic (exact) mass is 265 g/mol. The second-order valence-electron chi connectivity index (χ2n) is 4.48. The van der Waals surface area contributed by atoms with E-state index in [1.54, 1.807) is 11.8 Å². The predicted octanol–water partition coefficient (Wildman–Crippen LogP) is 3.74. The zero-order chi connectivity index (χ0) is 13.4. The largest absolute Gasteiger partial charge is 0.342 e. The van der Waals surface area contributed by atoms with E-state index in [9.17, 15) is 4.79 Å². The summed E-state index contributed by atoms with van der Waals surface area (Å²) in [6.45, 7) is 8.05. The van der Waals surface area contributed by atoms with Gasteiger partial charge in [-0.05, 0) is 31.9 Å². The molecular weight excluding hydrogens is 242 g/mol. The Kier molecular flexibility index (Phi) is 6.88. The Hall–Kier alpha value is -0.960. The standard InChI is InChI=1S/C15H23NOS/c1-4-10-16(11-5-2)15(17)12-18-14-8-6-13(3)7-9-14/h6-9H,4-5,10-12H2,1-3H3. The molecule has 0 radical (unpaired) electrons. The Morgan fingerprint density at radius 3 is 2.17 bits per heavy atom. The van der Waals surface area contributed by atoms with E-state index in [-0.39, 0.29) is 5.91 Å². The molecule has 1 aromatic carbocycles. The van der Waals surface area contributed by atoms with Crippen molar-refractivity contribution in [3.05, 3.63) is 29.8 Å². The van der Waals surface area contributed by atoms with Crippen LogP contribution in [0.3, 0.4) is 0 Å². The lowest BCUT2D eigenvalue weighted by atomic mass is 10.2. The number of thioether (sulfide) groups is 1. The van der Waals surface area contributed by atoms with Gasteiger partial charge in [0.05, 0.1) is 5.75 Å². The highest BCUT2D eigenvalue weighted by Crippen LogP contribution is 2.18. The zero-order valence-corrected chi connectivity index (χ0v) is 12.4. The maximum absolute atomic E-state index is 12.1. The molecular formula is C15H23NOS. The highest BCUT2D eigenvalue weighted by atomic mass is 32.2. The van der Waals surface area contributed by atoms with Crippen LogP contribution in [0, 0.1) is 6.92 Å². The van der Waals surface area contributed by atoms with Crippen LogP contribution in [0.15, 0.2) is 29.2 Å². The molecule has 0 bridgehead atoms. The summed E-state index contributed by atoms with van der Waals surface area (Å²) in [6.07, 6.45) is 2.06. The topological polar surface area (TPSA) is 20.3 Å². The number of aryl methyl sites for hydroxylation is 1. The SMILES string of the molecule is CCCN(CCC)C(=O)CSc1ccc(C)cc1. The lowest BCUT2D eigenvalue weighted by Gasteiger charge is -2.21. The first kappa shape index (κ1) is 15.1. The molecule has 18 heavy (non-hydrogen) atoms. The number of amides is 1. The van der Waals surface area contributed by atoms with E-state index in [0.29, 0.717) is 5.75 Å². The first-order valence-electron chi connectivity index (χ1n) is 6.64. The molecule has 0 aromatic heterocycles. The highest BCUT2D eigenvalue weighted by molar-refractivity contribution is 8.00. The molecule has 0 fully saturated rings. The molecule has 1 rings (SSSR count). The van der Waals surface area contributed by atoms with E-state index >= 15 is 0 Å². The van der Waals surface area contributed by atoms with Crippen molar-refractivity contribution in [2.24, 2.45) is 0 Å². The van der Waals surface area contributed by atoms with Gasteiger partial charge in [0.15, 0.2) is 0 Å². The quantitative estimate of drug-likeness (QED) is 0.700. The molecule has 3 heteroatoms. The van der Waals surface area contributed by atoms with Gasteiger partial charge in [0.25, 0.3) is 0 Å². The Labute approximate surface area is 115 Å². The minimum atomic E-state index is 0.254. The van der Waals surface area contributed by atoms with Gasteiger partial charge in [-0.3, -0.25) is 4.79 Å². The van der Waals surface area contributed by atoms with Gasteiger partial charge in [0, 0.05) is 18.0 Å². The van der Waals surface area contributed by atoms with Gasteiger partial charge >= 0.3 is 0 Å². The molecule has 0 N–H and O–H groups in total. The molecule has 2 nitrogen and oxygen atoms in total. The molecule has 0 heterocycles. The van der Waals surface area contributed by atoms with Crippen LogP contribution in [0.25, 0.3) is 0 Å². The molecule has 100 valence electrons. The number of carbonyl (C=O) groups is 1. The summed E-state index contributed by atoms with van der Waals surface area (Å²) in [7, 11) is 0. The number of carbonyl (C=O) groups excluding carboxylic acids is 1. The van der Waals surface area contributed by atoms with Crippen molar-refractivity contribution < 1.29 is 4.79 Å². The Morgan fingerprint density at radius 2 is 1.67 bits per heavy atom. The van der Waals surface area contributed by atoms with Crippen molar-refractivity contribution in [1.82, 2.24) is 4.90 Å². The number of benzene rings is 1. The number of hydrogen-bond donors (Lipinski definition) is 0. The minimum absolute atomic E-state index is 0.254. The molecule has 0 saturated carbocycles. The minimum Gasteiger partial charge on any atom is -0.342 e. The number of nitrogens with zero attached hydrogens (tertiary/aromatic N) is 1. The van der Waals surface area contributed by atoms with Gasteiger partial charge in [-0.25, -0.2) is 0 Å². The van der Waals surface area contributed by atoms with Crippen molar-refractivity contribution in [3.8, 4) is 0 Å². The van der Waals surface area contributed by atoms with Crippen LogP contribution < -0.4 is 0 Å². The van der Waals surface area contributed by atoms with Crippen LogP contribution in [-0.4, -0.2) is 29.6 Å². The molecule has 0 aliphatic carbocycles. The summed E-state index contributed by atoms with van der Waals surface area (Å²) in [5.74, 6) is 0.799. The third kappa shape index (κ3) is 5.13. The van der Waals surface area contributed by atoms with Gasteiger partial charge < -0.3 is 4.90 Å². The maximum Gasteiger partial charge on any atom is 0.232 e. The van der Waals surface area contributed by atoms with E-state index in [0.717, 1.165) is 25.9 Å². The lowest BCUT2D eigenvalue weighted by molar-refractivity contribution is -0.128.